The van der Waals surface area contributed by atoms with E-state index in [1.807, 2.05) is 13.8 Å². The smallest absolute Gasteiger partial charge is 0.127 e. The van der Waals surface area contributed by atoms with E-state index in [0.717, 1.165) is 39.5 Å². The third kappa shape index (κ3) is 2.57. The molecule has 0 saturated heterocycles. The number of hydrogen-bond acceptors (Lipinski definition) is 4. The van der Waals surface area contributed by atoms with Gasteiger partial charge >= 0.3 is 0 Å². The molecule has 0 radical (unpaired) electrons. The summed E-state index contributed by atoms with van der Waals surface area (Å²) >= 11 is 0. The summed E-state index contributed by atoms with van der Waals surface area (Å²) in [7, 11) is 1.69. The molecule has 4 heteroatoms. The number of methoxy groups -OCH3 is 1. The Morgan fingerprint density at radius 1 is 1.05 bits per heavy atom. The number of rotatable bonds is 4. The molecule has 1 heterocycles. The third-order valence-corrected chi connectivity index (χ3v) is 4.30. The molecule has 0 amide bonds. The van der Waals surface area contributed by atoms with Gasteiger partial charge in [-0.3, -0.25) is 5.84 Å². The predicted octanol–water partition coefficient (Wildman–Crippen LogP) is 3.38. The first-order valence-electron chi connectivity index (χ1n) is 7.09. The average molecular weight is 288 g/mol. The van der Waals surface area contributed by atoms with Crippen LogP contribution < -0.4 is 16.0 Å². The van der Waals surface area contributed by atoms with Crippen LogP contribution in [0.2, 0.25) is 0 Å². The van der Waals surface area contributed by atoms with E-state index >= 15 is 0 Å². The molecule has 0 saturated carbocycles. The molecule has 21 heavy (non-hydrogen) atoms. The van der Waals surface area contributed by atoms with Crippen LogP contribution in [0.1, 0.15) is 45.4 Å². The molecule has 4 nitrogen and oxygen atoms in total. The highest BCUT2D eigenvalue weighted by Gasteiger charge is 2.25. The number of benzene rings is 1. The lowest BCUT2D eigenvalue weighted by atomic mass is 9.92. The lowest BCUT2D eigenvalue weighted by Gasteiger charge is -2.22. The molecule has 1 unspecified atom stereocenters. The van der Waals surface area contributed by atoms with Gasteiger partial charge in [-0.05, 0) is 51.3 Å². The van der Waals surface area contributed by atoms with Gasteiger partial charge in [-0.15, -0.1) is 0 Å². The molecule has 2 aromatic rings. The van der Waals surface area contributed by atoms with Gasteiger partial charge in [-0.1, -0.05) is 12.1 Å². The molecule has 3 N–H and O–H groups in total. The third-order valence-electron chi connectivity index (χ3n) is 4.30. The van der Waals surface area contributed by atoms with Gasteiger partial charge < -0.3 is 9.15 Å². The summed E-state index contributed by atoms with van der Waals surface area (Å²) < 4.78 is 11.4. The van der Waals surface area contributed by atoms with E-state index in [1.54, 1.807) is 7.11 Å². The summed E-state index contributed by atoms with van der Waals surface area (Å²) in [5, 5.41) is 0. The molecule has 0 aliphatic heterocycles. The normalized spacial score (nSPS) is 12.5. The van der Waals surface area contributed by atoms with Crippen molar-refractivity contribution in [2.24, 2.45) is 5.84 Å². The number of nitrogens with one attached hydrogen (secondary N) is 1. The molecule has 2 rings (SSSR count). The van der Waals surface area contributed by atoms with Crippen LogP contribution in [0.3, 0.4) is 0 Å². The Kier molecular flexibility index (Phi) is 4.40. The van der Waals surface area contributed by atoms with Gasteiger partial charge in [0.2, 0.25) is 0 Å². The van der Waals surface area contributed by atoms with Crippen molar-refractivity contribution in [2.45, 2.75) is 40.7 Å². The van der Waals surface area contributed by atoms with Crippen molar-refractivity contribution in [2.75, 3.05) is 7.11 Å². The first kappa shape index (κ1) is 15.6. The van der Waals surface area contributed by atoms with Gasteiger partial charge in [0.15, 0.2) is 0 Å². The maximum absolute atomic E-state index is 5.85. The van der Waals surface area contributed by atoms with Gasteiger partial charge in [0, 0.05) is 11.1 Å². The van der Waals surface area contributed by atoms with Crippen molar-refractivity contribution in [1.82, 2.24) is 5.43 Å². The van der Waals surface area contributed by atoms with E-state index in [9.17, 15) is 0 Å². The van der Waals surface area contributed by atoms with Crippen LogP contribution in [0, 0.1) is 34.6 Å². The lowest BCUT2D eigenvalue weighted by Crippen LogP contribution is -2.30. The molecule has 0 aliphatic rings. The number of hydrogen-bond donors (Lipinski definition) is 2. The van der Waals surface area contributed by atoms with Crippen molar-refractivity contribution >= 4 is 0 Å². The van der Waals surface area contributed by atoms with Crippen LogP contribution >= 0.6 is 0 Å². The second-order valence-electron chi connectivity index (χ2n) is 5.48. The zero-order chi connectivity index (χ0) is 15.7. The quantitative estimate of drug-likeness (QED) is 0.669. The van der Waals surface area contributed by atoms with Crippen LogP contribution in [0.4, 0.5) is 0 Å². The fourth-order valence-corrected chi connectivity index (χ4v) is 2.87. The zero-order valence-corrected chi connectivity index (χ0v) is 13.6. The van der Waals surface area contributed by atoms with E-state index in [2.05, 4.69) is 38.3 Å². The Morgan fingerprint density at radius 3 is 2.19 bits per heavy atom. The number of ether oxygens (including phenoxy) is 1. The van der Waals surface area contributed by atoms with Crippen LogP contribution in [0.15, 0.2) is 16.5 Å². The highest BCUT2D eigenvalue weighted by molar-refractivity contribution is 5.51. The van der Waals surface area contributed by atoms with Gasteiger partial charge in [-0.2, -0.15) is 0 Å². The molecule has 1 atom stereocenters. The maximum atomic E-state index is 5.85. The lowest BCUT2D eigenvalue weighted by molar-refractivity contribution is 0.400. The fraction of sp³-hybridized carbons (Fsp3) is 0.412. The largest absolute Gasteiger partial charge is 0.496 e. The van der Waals surface area contributed by atoms with Crippen molar-refractivity contribution < 1.29 is 9.15 Å². The summed E-state index contributed by atoms with van der Waals surface area (Å²) in [4.78, 5) is 0. The minimum absolute atomic E-state index is 0.156. The first-order chi connectivity index (χ1) is 9.92. The van der Waals surface area contributed by atoms with Crippen molar-refractivity contribution in [3.05, 3.63) is 51.5 Å². The van der Waals surface area contributed by atoms with E-state index in [0.29, 0.717) is 0 Å². The van der Waals surface area contributed by atoms with Crippen LogP contribution in [0.5, 0.6) is 5.75 Å². The molecule has 1 aromatic carbocycles. The maximum Gasteiger partial charge on any atom is 0.127 e. The SMILES string of the molecule is COc1c(C(NN)c2c(C)oc(C)c2C)ccc(C)c1C. The van der Waals surface area contributed by atoms with E-state index in [-0.39, 0.29) is 6.04 Å². The molecule has 0 fully saturated rings. The minimum Gasteiger partial charge on any atom is -0.496 e. The second-order valence-corrected chi connectivity index (χ2v) is 5.48. The summed E-state index contributed by atoms with van der Waals surface area (Å²) in [6, 6.07) is 4.00. The number of furan rings is 1. The molecule has 0 aliphatic carbocycles. The highest BCUT2D eigenvalue weighted by Crippen LogP contribution is 2.37. The average Bonchev–Trinajstić information content (AvgIpc) is 2.70. The Morgan fingerprint density at radius 2 is 1.71 bits per heavy atom. The summed E-state index contributed by atoms with van der Waals surface area (Å²) in [6.45, 7) is 10.1. The van der Waals surface area contributed by atoms with E-state index < -0.39 is 0 Å². The molecular weight excluding hydrogens is 264 g/mol. The standard InChI is InChI=1S/C17H24N2O2/c1-9-7-8-14(17(20-6)10(9)2)16(19-18)15-11(3)12(4)21-13(15)5/h7-8,16,19H,18H2,1-6H3. The Hall–Kier alpha value is -1.78. The second kappa shape index (κ2) is 5.92. The summed E-state index contributed by atoms with van der Waals surface area (Å²) in [5.74, 6) is 8.52. The van der Waals surface area contributed by atoms with Crippen molar-refractivity contribution in [3.63, 3.8) is 0 Å². The number of hydrazine groups is 1. The van der Waals surface area contributed by atoms with Crippen molar-refractivity contribution in [3.8, 4) is 5.75 Å². The molecule has 0 spiro atoms. The van der Waals surface area contributed by atoms with Crippen LogP contribution in [-0.4, -0.2) is 7.11 Å². The first-order valence-corrected chi connectivity index (χ1v) is 7.09. The highest BCUT2D eigenvalue weighted by atomic mass is 16.5. The minimum atomic E-state index is -0.156. The Bertz CT molecular complexity index is 659. The van der Waals surface area contributed by atoms with E-state index in [4.69, 9.17) is 15.0 Å². The summed E-state index contributed by atoms with van der Waals surface area (Å²) in [6.07, 6.45) is 0. The summed E-state index contributed by atoms with van der Waals surface area (Å²) in [5.41, 5.74) is 8.46. The monoisotopic (exact) mass is 288 g/mol. The molecule has 0 bridgehead atoms. The van der Waals surface area contributed by atoms with Gasteiger partial charge in [-0.25, -0.2) is 5.43 Å². The molecular formula is C17H24N2O2. The molecule has 114 valence electrons. The predicted molar refractivity (Wildman–Crippen MR) is 84.6 cm³/mol. The van der Waals surface area contributed by atoms with Crippen LogP contribution in [-0.2, 0) is 0 Å². The van der Waals surface area contributed by atoms with Gasteiger partial charge in [0.1, 0.15) is 17.3 Å². The van der Waals surface area contributed by atoms with Crippen molar-refractivity contribution in [1.29, 1.82) is 0 Å². The Balaban J connectivity index is 2.65. The van der Waals surface area contributed by atoms with E-state index in [1.165, 1.54) is 5.56 Å². The number of nitrogens with two attached hydrogens (primary N) is 1. The van der Waals surface area contributed by atoms with Gasteiger partial charge in [0.05, 0.1) is 13.2 Å². The Labute approximate surface area is 126 Å². The zero-order valence-electron chi connectivity index (χ0n) is 13.6. The fourth-order valence-electron chi connectivity index (χ4n) is 2.87. The topological polar surface area (TPSA) is 60.4 Å². The van der Waals surface area contributed by atoms with Gasteiger partial charge in [0.25, 0.3) is 0 Å². The molecule has 1 aromatic heterocycles. The van der Waals surface area contributed by atoms with Crippen LogP contribution in [0.25, 0.3) is 0 Å². The number of aryl methyl sites for hydroxylation is 3.